The molecule has 2 heterocycles. The van der Waals surface area contributed by atoms with Crippen molar-refractivity contribution in [2.75, 3.05) is 19.7 Å². The van der Waals surface area contributed by atoms with Gasteiger partial charge in [0.1, 0.15) is 5.76 Å². The molecule has 2 aliphatic rings. The van der Waals surface area contributed by atoms with Gasteiger partial charge in [-0.05, 0) is 50.7 Å². The molecular formula is C18H29N3O3. The van der Waals surface area contributed by atoms with E-state index in [1.54, 1.807) is 6.26 Å². The normalized spacial score (nSPS) is 28.0. The third kappa shape index (κ3) is 5.53. The molecule has 2 fully saturated rings. The van der Waals surface area contributed by atoms with E-state index < -0.39 is 0 Å². The van der Waals surface area contributed by atoms with E-state index in [-0.39, 0.29) is 12.2 Å². The van der Waals surface area contributed by atoms with Gasteiger partial charge in [-0.3, -0.25) is 4.99 Å². The smallest absolute Gasteiger partial charge is 0.191 e. The van der Waals surface area contributed by atoms with Crippen LogP contribution in [0.2, 0.25) is 0 Å². The summed E-state index contributed by atoms with van der Waals surface area (Å²) in [6.45, 7) is 2.33. The third-order valence-corrected chi connectivity index (χ3v) is 4.76. The molecule has 1 aliphatic heterocycles. The fraction of sp³-hybridized carbons (Fsp3) is 0.722. The maximum Gasteiger partial charge on any atom is 0.191 e. The lowest BCUT2D eigenvalue weighted by atomic mass is 9.93. The predicted octanol–water partition coefficient (Wildman–Crippen LogP) is 1.84. The molecule has 0 aromatic carbocycles. The molecule has 24 heavy (non-hydrogen) atoms. The minimum absolute atomic E-state index is 0.137. The second-order valence-corrected chi connectivity index (χ2v) is 6.73. The average molecular weight is 335 g/mol. The Morgan fingerprint density at radius 2 is 2.12 bits per heavy atom. The van der Waals surface area contributed by atoms with Crippen molar-refractivity contribution in [1.82, 2.24) is 10.6 Å². The van der Waals surface area contributed by atoms with Gasteiger partial charge in [0.05, 0.1) is 25.0 Å². The predicted molar refractivity (Wildman–Crippen MR) is 93.1 cm³/mol. The lowest BCUT2D eigenvalue weighted by Gasteiger charge is -2.28. The number of rotatable bonds is 6. The van der Waals surface area contributed by atoms with Crippen molar-refractivity contribution in [2.24, 2.45) is 4.99 Å². The summed E-state index contributed by atoms with van der Waals surface area (Å²) in [4.78, 5) is 4.71. The number of furan rings is 1. The number of nitrogens with zero attached hydrogens (tertiary/aromatic N) is 1. The van der Waals surface area contributed by atoms with Gasteiger partial charge < -0.3 is 24.9 Å². The molecule has 1 aromatic heterocycles. The van der Waals surface area contributed by atoms with Crippen molar-refractivity contribution in [3.63, 3.8) is 0 Å². The van der Waals surface area contributed by atoms with E-state index in [2.05, 4.69) is 10.6 Å². The van der Waals surface area contributed by atoms with Crippen molar-refractivity contribution in [1.29, 1.82) is 0 Å². The maximum absolute atomic E-state index is 9.65. The molecule has 0 radical (unpaired) electrons. The second-order valence-electron chi connectivity index (χ2n) is 6.73. The fourth-order valence-electron chi connectivity index (χ4n) is 3.31. The molecule has 6 heteroatoms. The zero-order chi connectivity index (χ0) is 16.6. The highest BCUT2D eigenvalue weighted by atomic mass is 16.5. The van der Waals surface area contributed by atoms with Gasteiger partial charge in [-0.2, -0.15) is 0 Å². The van der Waals surface area contributed by atoms with Crippen LogP contribution in [0.1, 0.15) is 44.3 Å². The first kappa shape index (κ1) is 17.3. The topological polar surface area (TPSA) is 79.0 Å². The summed E-state index contributed by atoms with van der Waals surface area (Å²) in [5, 5.41) is 16.6. The van der Waals surface area contributed by atoms with Gasteiger partial charge >= 0.3 is 0 Å². The first-order chi connectivity index (χ1) is 11.8. The number of aliphatic hydroxyl groups excluding tert-OH is 1. The highest BCUT2D eigenvalue weighted by Crippen LogP contribution is 2.18. The average Bonchev–Trinajstić information content (AvgIpc) is 3.28. The number of ether oxygens (including phenoxy) is 1. The zero-order valence-electron chi connectivity index (χ0n) is 14.2. The van der Waals surface area contributed by atoms with Crippen LogP contribution in [0.15, 0.2) is 27.8 Å². The summed E-state index contributed by atoms with van der Waals surface area (Å²) in [5.74, 6) is 1.82. The first-order valence-electron chi connectivity index (χ1n) is 9.16. The Balaban J connectivity index is 1.49. The van der Waals surface area contributed by atoms with Crippen LogP contribution in [0.3, 0.4) is 0 Å². The fourth-order valence-corrected chi connectivity index (χ4v) is 3.31. The van der Waals surface area contributed by atoms with Crippen molar-refractivity contribution in [2.45, 2.75) is 63.2 Å². The number of aliphatic hydroxyl groups is 1. The van der Waals surface area contributed by atoms with Gasteiger partial charge in [0.25, 0.3) is 0 Å². The monoisotopic (exact) mass is 335 g/mol. The standard InChI is InChI=1S/C18H29N3O3/c22-15-7-5-14(6-8-15)21-18(20-13-17-4-2-12-24-17)19-10-9-16-3-1-11-23-16/h1,3,11,14-15,17,22H,2,4-10,12-13H2,(H2,19,20,21). The number of hydrogen-bond acceptors (Lipinski definition) is 4. The molecule has 1 saturated heterocycles. The molecule has 134 valence electrons. The molecule has 1 saturated carbocycles. The highest BCUT2D eigenvalue weighted by molar-refractivity contribution is 5.80. The zero-order valence-corrected chi connectivity index (χ0v) is 14.2. The number of guanidine groups is 1. The number of aliphatic imine (C=N–C) groups is 1. The summed E-state index contributed by atoms with van der Waals surface area (Å²) < 4.78 is 11.0. The largest absolute Gasteiger partial charge is 0.469 e. The molecule has 0 amide bonds. The van der Waals surface area contributed by atoms with Gasteiger partial charge in [-0.15, -0.1) is 0 Å². The van der Waals surface area contributed by atoms with Crippen molar-refractivity contribution in [3.8, 4) is 0 Å². The molecule has 1 atom stereocenters. The molecule has 1 unspecified atom stereocenters. The SMILES string of the molecule is OC1CCC(NC(=NCC2CCCO2)NCCc2ccco2)CC1. The van der Waals surface area contributed by atoms with E-state index >= 15 is 0 Å². The van der Waals surface area contributed by atoms with Crippen molar-refractivity contribution in [3.05, 3.63) is 24.2 Å². The van der Waals surface area contributed by atoms with Gasteiger partial charge in [0.15, 0.2) is 5.96 Å². The Hall–Kier alpha value is -1.53. The molecule has 3 rings (SSSR count). The molecule has 3 N–H and O–H groups in total. The Bertz CT molecular complexity index is 490. The molecule has 1 aliphatic carbocycles. The van der Waals surface area contributed by atoms with Gasteiger partial charge in [-0.25, -0.2) is 0 Å². The van der Waals surface area contributed by atoms with E-state index in [1.165, 1.54) is 0 Å². The lowest BCUT2D eigenvalue weighted by Crippen LogP contribution is -2.46. The van der Waals surface area contributed by atoms with Crippen LogP contribution < -0.4 is 10.6 Å². The van der Waals surface area contributed by atoms with E-state index in [4.69, 9.17) is 14.1 Å². The quantitative estimate of drug-likeness (QED) is 0.546. The summed E-state index contributed by atoms with van der Waals surface area (Å²) >= 11 is 0. The van der Waals surface area contributed by atoms with E-state index in [0.29, 0.717) is 12.6 Å². The Morgan fingerprint density at radius 3 is 2.83 bits per heavy atom. The summed E-state index contributed by atoms with van der Waals surface area (Å²) in [7, 11) is 0. The van der Waals surface area contributed by atoms with Crippen LogP contribution >= 0.6 is 0 Å². The Morgan fingerprint density at radius 1 is 1.25 bits per heavy atom. The minimum atomic E-state index is -0.137. The third-order valence-electron chi connectivity index (χ3n) is 4.76. The molecule has 6 nitrogen and oxygen atoms in total. The van der Waals surface area contributed by atoms with E-state index in [0.717, 1.165) is 69.8 Å². The highest BCUT2D eigenvalue weighted by Gasteiger charge is 2.21. The summed E-state index contributed by atoms with van der Waals surface area (Å²) in [5.41, 5.74) is 0. The van der Waals surface area contributed by atoms with Crippen molar-refractivity contribution < 1.29 is 14.3 Å². The maximum atomic E-state index is 9.65. The van der Waals surface area contributed by atoms with E-state index in [9.17, 15) is 5.11 Å². The van der Waals surface area contributed by atoms with Crippen LogP contribution in [0.25, 0.3) is 0 Å². The lowest BCUT2D eigenvalue weighted by molar-refractivity contribution is 0.117. The van der Waals surface area contributed by atoms with Gasteiger partial charge in [-0.1, -0.05) is 0 Å². The number of nitrogens with one attached hydrogen (secondary N) is 2. The van der Waals surface area contributed by atoms with E-state index in [1.807, 2.05) is 12.1 Å². The van der Waals surface area contributed by atoms with Gasteiger partial charge in [0, 0.05) is 25.6 Å². The van der Waals surface area contributed by atoms with Crippen LogP contribution in [0.5, 0.6) is 0 Å². The molecule has 0 bridgehead atoms. The van der Waals surface area contributed by atoms with Crippen LogP contribution in [0.4, 0.5) is 0 Å². The first-order valence-corrected chi connectivity index (χ1v) is 9.16. The second kappa shape index (κ2) is 9.08. The molecule has 0 spiro atoms. The number of hydrogen-bond donors (Lipinski definition) is 3. The van der Waals surface area contributed by atoms with Crippen LogP contribution in [0, 0.1) is 0 Å². The van der Waals surface area contributed by atoms with Crippen molar-refractivity contribution >= 4 is 5.96 Å². The van der Waals surface area contributed by atoms with Gasteiger partial charge in [0.2, 0.25) is 0 Å². The Kier molecular flexibility index (Phi) is 6.55. The molecule has 1 aromatic rings. The Labute approximate surface area is 143 Å². The van der Waals surface area contributed by atoms with Crippen LogP contribution in [-0.4, -0.2) is 49.0 Å². The minimum Gasteiger partial charge on any atom is -0.469 e. The summed E-state index contributed by atoms with van der Waals surface area (Å²) in [6, 6.07) is 4.28. The summed E-state index contributed by atoms with van der Waals surface area (Å²) in [6.07, 6.45) is 8.58. The molecular weight excluding hydrogens is 306 g/mol. The van der Waals surface area contributed by atoms with Crippen LogP contribution in [-0.2, 0) is 11.2 Å².